The largest absolute Gasteiger partial charge is 0.384 e. The highest BCUT2D eigenvalue weighted by atomic mass is 16.5. The van der Waals surface area contributed by atoms with Crippen LogP contribution >= 0.6 is 0 Å². The van der Waals surface area contributed by atoms with Gasteiger partial charge in [0.1, 0.15) is 0 Å². The van der Waals surface area contributed by atoms with E-state index in [1.165, 1.54) is 17.7 Å². The molecule has 2 heterocycles. The number of aromatic nitrogens is 1. The highest BCUT2D eigenvalue weighted by molar-refractivity contribution is 5.52. The lowest BCUT2D eigenvalue weighted by Crippen LogP contribution is -2.24. The molecule has 18 heavy (non-hydrogen) atoms. The van der Waals surface area contributed by atoms with Crippen LogP contribution in [0.25, 0.3) is 0 Å². The van der Waals surface area contributed by atoms with Gasteiger partial charge in [0, 0.05) is 38.9 Å². The van der Waals surface area contributed by atoms with Gasteiger partial charge in [0.15, 0.2) is 0 Å². The molecule has 1 saturated heterocycles. The monoisotopic (exact) mass is 249 g/mol. The van der Waals surface area contributed by atoms with Crippen LogP contribution in [-0.4, -0.2) is 38.3 Å². The molecule has 100 valence electrons. The highest BCUT2D eigenvalue weighted by Gasteiger charge is 2.23. The summed E-state index contributed by atoms with van der Waals surface area (Å²) in [5.74, 6) is 0.655. The Bertz CT molecular complexity index is 370. The van der Waals surface area contributed by atoms with Gasteiger partial charge in [-0.05, 0) is 24.6 Å². The fourth-order valence-corrected chi connectivity index (χ4v) is 2.53. The van der Waals surface area contributed by atoms with Crippen LogP contribution in [0.2, 0.25) is 0 Å². The van der Waals surface area contributed by atoms with Gasteiger partial charge in [-0.25, -0.2) is 0 Å². The maximum absolute atomic E-state index is 5.25. The normalized spacial score (nSPS) is 19.4. The minimum atomic E-state index is 0.655. The summed E-state index contributed by atoms with van der Waals surface area (Å²) in [5.41, 5.74) is 2.61. The first-order valence-electron chi connectivity index (χ1n) is 6.72. The molecular weight excluding hydrogens is 226 g/mol. The first kappa shape index (κ1) is 13.3. The van der Waals surface area contributed by atoms with Crippen molar-refractivity contribution in [3.8, 4) is 0 Å². The molecule has 2 rings (SSSR count). The van der Waals surface area contributed by atoms with Gasteiger partial charge in [-0.2, -0.15) is 0 Å². The molecule has 0 radical (unpaired) electrons. The van der Waals surface area contributed by atoms with E-state index in [9.17, 15) is 0 Å². The van der Waals surface area contributed by atoms with Crippen molar-refractivity contribution in [3.05, 3.63) is 24.0 Å². The molecule has 1 aliphatic heterocycles. The average molecular weight is 249 g/mol. The van der Waals surface area contributed by atoms with Gasteiger partial charge in [0.05, 0.1) is 18.5 Å². The van der Waals surface area contributed by atoms with Gasteiger partial charge in [-0.15, -0.1) is 0 Å². The third-order valence-electron chi connectivity index (χ3n) is 3.48. The van der Waals surface area contributed by atoms with Crippen molar-refractivity contribution in [2.75, 3.05) is 38.3 Å². The lowest BCUT2D eigenvalue weighted by molar-refractivity contribution is 0.161. The van der Waals surface area contributed by atoms with Crippen LogP contribution < -0.4 is 10.2 Å². The molecule has 0 aliphatic carbocycles. The zero-order chi connectivity index (χ0) is 12.8. The second-order valence-corrected chi connectivity index (χ2v) is 4.84. The van der Waals surface area contributed by atoms with E-state index in [-0.39, 0.29) is 0 Å². The topological polar surface area (TPSA) is 37.4 Å². The number of methoxy groups -OCH3 is 1. The minimum Gasteiger partial charge on any atom is -0.384 e. The molecule has 4 nitrogen and oxygen atoms in total. The summed E-state index contributed by atoms with van der Waals surface area (Å²) < 4.78 is 5.25. The van der Waals surface area contributed by atoms with E-state index >= 15 is 0 Å². The van der Waals surface area contributed by atoms with Crippen molar-refractivity contribution in [3.63, 3.8) is 0 Å². The third-order valence-corrected chi connectivity index (χ3v) is 3.48. The zero-order valence-corrected chi connectivity index (χ0v) is 11.4. The Morgan fingerprint density at radius 2 is 2.44 bits per heavy atom. The van der Waals surface area contributed by atoms with E-state index in [1.807, 2.05) is 12.4 Å². The summed E-state index contributed by atoms with van der Waals surface area (Å²) in [6, 6.07) is 2.11. The third kappa shape index (κ3) is 3.21. The first-order chi connectivity index (χ1) is 8.85. The SMILES string of the molecule is CCNCc1ccncc1N1CCC(COC)C1. The summed E-state index contributed by atoms with van der Waals surface area (Å²) in [4.78, 5) is 6.70. The molecule has 0 spiro atoms. The quantitative estimate of drug-likeness (QED) is 0.832. The molecule has 0 aromatic carbocycles. The van der Waals surface area contributed by atoms with E-state index in [0.29, 0.717) is 5.92 Å². The summed E-state index contributed by atoms with van der Waals surface area (Å²) in [7, 11) is 1.78. The lowest BCUT2D eigenvalue weighted by atomic mass is 10.1. The molecule has 1 N–H and O–H groups in total. The number of nitrogens with zero attached hydrogens (tertiary/aromatic N) is 2. The summed E-state index contributed by atoms with van der Waals surface area (Å²) in [6.07, 6.45) is 5.07. The Labute approximate surface area is 109 Å². The Morgan fingerprint density at radius 1 is 1.56 bits per heavy atom. The van der Waals surface area contributed by atoms with Gasteiger partial charge in [-0.1, -0.05) is 6.92 Å². The molecule has 0 saturated carbocycles. The summed E-state index contributed by atoms with van der Waals surface area (Å²) >= 11 is 0. The van der Waals surface area contributed by atoms with Gasteiger partial charge < -0.3 is 15.0 Å². The maximum Gasteiger partial charge on any atom is 0.0598 e. The van der Waals surface area contributed by atoms with Gasteiger partial charge in [0.2, 0.25) is 0 Å². The van der Waals surface area contributed by atoms with Crippen LogP contribution in [0.3, 0.4) is 0 Å². The first-order valence-corrected chi connectivity index (χ1v) is 6.72. The van der Waals surface area contributed by atoms with Crippen molar-refractivity contribution < 1.29 is 4.74 Å². The van der Waals surface area contributed by atoms with Gasteiger partial charge in [0.25, 0.3) is 0 Å². The number of nitrogens with one attached hydrogen (secondary N) is 1. The standard InChI is InChI=1S/C14H23N3O/c1-3-15-8-13-4-6-16-9-14(13)17-7-5-12(10-17)11-18-2/h4,6,9,12,15H,3,5,7-8,10-11H2,1-2H3. The predicted molar refractivity (Wildman–Crippen MR) is 73.8 cm³/mol. The fourth-order valence-electron chi connectivity index (χ4n) is 2.53. The van der Waals surface area contributed by atoms with Crippen LogP contribution in [0.4, 0.5) is 5.69 Å². The van der Waals surface area contributed by atoms with E-state index in [1.54, 1.807) is 7.11 Å². The Balaban J connectivity index is 2.04. The van der Waals surface area contributed by atoms with Crippen molar-refractivity contribution >= 4 is 5.69 Å². The molecule has 4 heteroatoms. The molecule has 0 bridgehead atoms. The van der Waals surface area contributed by atoms with Crippen LogP contribution in [0, 0.1) is 5.92 Å². The van der Waals surface area contributed by atoms with Gasteiger partial charge in [-0.3, -0.25) is 4.98 Å². The van der Waals surface area contributed by atoms with Crippen LogP contribution in [0.1, 0.15) is 18.9 Å². The molecule has 1 aliphatic rings. The summed E-state index contributed by atoms with van der Waals surface area (Å²) in [5, 5.41) is 3.39. The molecule has 1 unspecified atom stereocenters. The molecule has 1 atom stereocenters. The van der Waals surface area contributed by atoms with E-state index in [4.69, 9.17) is 4.74 Å². The predicted octanol–water partition coefficient (Wildman–Crippen LogP) is 1.66. The summed E-state index contributed by atoms with van der Waals surface area (Å²) in [6.45, 7) is 7.09. The van der Waals surface area contributed by atoms with Crippen molar-refractivity contribution in [1.82, 2.24) is 10.3 Å². The number of rotatable bonds is 6. The lowest BCUT2D eigenvalue weighted by Gasteiger charge is -2.21. The molecule has 1 fully saturated rings. The van der Waals surface area contributed by atoms with Crippen LogP contribution in [0.15, 0.2) is 18.5 Å². The van der Waals surface area contributed by atoms with Crippen LogP contribution in [-0.2, 0) is 11.3 Å². The average Bonchev–Trinajstić information content (AvgIpc) is 2.86. The Morgan fingerprint density at radius 3 is 3.22 bits per heavy atom. The van der Waals surface area contributed by atoms with Crippen LogP contribution in [0.5, 0.6) is 0 Å². The number of pyridine rings is 1. The number of hydrogen-bond acceptors (Lipinski definition) is 4. The number of ether oxygens (including phenoxy) is 1. The van der Waals surface area contributed by atoms with Crippen molar-refractivity contribution in [1.29, 1.82) is 0 Å². The maximum atomic E-state index is 5.25. The molecule has 1 aromatic rings. The highest BCUT2D eigenvalue weighted by Crippen LogP contribution is 2.26. The Kier molecular flexibility index (Phi) is 4.96. The van der Waals surface area contributed by atoms with E-state index in [0.717, 1.165) is 32.8 Å². The number of hydrogen-bond donors (Lipinski definition) is 1. The molecular formula is C14H23N3O. The Hall–Kier alpha value is -1.13. The minimum absolute atomic E-state index is 0.655. The second kappa shape index (κ2) is 6.71. The van der Waals surface area contributed by atoms with E-state index in [2.05, 4.69) is 28.2 Å². The fraction of sp³-hybridized carbons (Fsp3) is 0.643. The van der Waals surface area contributed by atoms with Crippen molar-refractivity contribution in [2.45, 2.75) is 19.9 Å². The smallest absolute Gasteiger partial charge is 0.0598 e. The zero-order valence-electron chi connectivity index (χ0n) is 11.4. The van der Waals surface area contributed by atoms with Gasteiger partial charge >= 0.3 is 0 Å². The number of anilines is 1. The van der Waals surface area contributed by atoms with Crippen molar-refractivity contribution in [2.24, 2.45) is 5.92 Å². The van der Waals surface area contributed by atoms with E-state index < -0.39 is 0 Å². The molecule has 1 aromatic heterocycles. The second-order valence-electron chi connectivity index (χ2n) is 4.84. The molecule has 0 amide bonds.